The van der Waals surface area contributed by atoms with Crippen LogP contribution in [0.5, 0.6) is 5.75 Å². The third kappa shape index (κ3) is 7.72. The highest BCUT2D eigenvalue weighted by molar-refractivity contribution is 6.34. The summed E-state index contributed by atoms with van der Waals surface area (Å²) >= 11 is 6.37. The minimum Gasteiger partial charge on any atom is -0.480 e. The second kappa shape index (κ2) is 15.0. The van der Waals surface area contributed by atoms with Gasteiger partial charge in [0.1, 0.15) is 5.75 Å². The minimum absolute atomic E-state index is 0.0261. The van der Waals surface area contributed by atoms with Crippen molar-refractivity contribution in [1.82, 2.24) is 9.80 Å². The van der Waals surface area contributed by atoms with Crippen LogP contribution in [0.4, 0.5) is 16.2 Å². The Hall–Kier alpha value is -4.74. The Balaban J connectivity index is 1.52. The number of nitrogens with one attached hydrogen (secondary N) is 2. The number of hydrogen-bond acceptors (Lipinski definition) is 7. The first-order valence-electron chi connectivity index (χ1n) is 14.9. The summed E-state index contributed by atoms with van der Waals surface area (Å²) in [5.74, 6) is -2.36. The van der Waals surface area contributed by atoms with Gasteiger partial charge in [-0.15, -0.1) is 0 Å². The molecule has 0 saturated carbocycles. The van der Waals surface area contributed by atoms with Gasteiger partial charge in [-0.25, -0.2) is 9.69 Å². The van der Waals surface area contributed by atoms with Gasteiger partial charge in [0, 0.05) is 12.3 Å². The molecule has 3 atom stereocenters. The van der Waals surface area contributed by atoms with Gasteiger partial charge in [0.05, 0.1) is 17.3 Å². The van der Waals surface area contributed by atoms with E-state index in [1.54, 1.807) is 37.3 Å². The molecular weight excluding hydrogens is 612 g/mol. The molecule has 1 saturated heterocycles. The predicted molar refractivity (Wildman–Crippen MR) is 173 cm³/mol. The number of halogens is 1. The van der Waals surface area contributed by atoms with Crippen molar-refractivity contribution in [1.29, 1.82) is 0 Å². The summed E-state index contributed by atoms with van der Waals surface area (Å²) in [7, 11) is 0. The van der Waals surface area contributed by atoms with Crippen LogP contribution in [-0.2, 0) is 30.5 Å². The number of carbonyl (C=O) groups excluding carboxylic acids is 5. The Morgan fingerprint density at radius 2 is 1.65 bits per heavy atom. The maximum atomic E-state index is 13.6. The molecule has 1 fully saturated rings. The van der Waals surface area contributed by atoms with Crippen LogP contribution in [0.15, 0.2) is 66.7 Å². The molecule has 0 aromatic heterocycles. The zero-order valence-corrected chi connectivity index (χ0v) is 27.1. The topological polar surface area (TPSA) is 134 Å². The quantitative estimate of drug-likeness (QED) is 0.185. The Morgan fingerprint density at radius 1 is 0.935 bits per heavy atom. The van der Waals surface area contributed by atoms with Crippen LogP contribution in [0.2, 0.25) is 5.02 Å². The van der Waals surface area contributed by atoms with E-state index in [0.29, 0.717) is 22.8 Å². The van der Waals surface area contributed by atoms with E-state index in [2.05, 4.69) is 10.6 Å². The van der Waals surface area contributed by atoms with E-state index < -0.39 is 47.9 Å². The molecule has 0 spiro atoms. The molecule has 1 aliphatic heterocycles. The third-order valence-electron chi connectivity index (χ3n) is 7.35. The van der Waals surface area contributed by atoms with E-state index >= 15 is 0 Å². The van der Waals surface area contributed by atoms with Crippen molar-refractivity contribution < 1.29 is 33.4 Å². The fourth-order valence-corrected chi connectivity index (χ4v) is 5.25. The minimum atomic E-state index is -1.80. The van der Waals surface area contributed by atoms with Crippen LogP contribution < -0.4 is 15.4 Å². The van der Waals surface area contributed by atoms with E-state index in [-0.39, 0.29) is 23.9 Å². The first-order chi connectivity index (χ1) is 21.9. The van der Waals surface area contributed by atoms with E-state index in [4.69, 9.17) is 21.1 Å². The van der Waals surface area contributed by atoms with Crippen molar-refractivity contribution in [2.75, 3.05) is 17.2 Å². The highest BCUT2D eigenvalue weighted by Crippen LogP contribution is 2.29. The highest BCUT2D eigenvalue weighted by Gasteiger charge is 2.52. The summed E-state index contributed by atoms with van der Waals surface area (Å²) in [6.07, 6.45) is -1.73. The lowest BCUT2D eigenvalue weighted by Crippen LogP contribution is -2.52. The fraction of sp³-hybridized carbons (Fsp3) is 0.324. The fourth-order valence-electron chi connectivity index (χ4n) is 5.09. The Labute approximate surface area is 272 Å². The van der Waals surface area contributed by atoms with E-state index in [9.17, 15) is 24.0 Å². The number of nitrogens with zero attached hydrogens (tertiary/aromatic N) is 2. The molecule has 3 aromatic carbocycles. The van der Waals surface area contributed by atoms with Crippen molar-refractivity contribution in [2.45, 2.75) is 66.0 Å². The maximum Gasteiger partial charge on any atom is 0.330 e. The van der Waals surface area contributed by atoms with Crippen LogP contribution in [0, 0.1) is 13.8 Å². The summed E-state index contributed by atoms with van der Waals surface area (Å²) in [5.41, 5.74) is 3.05. The lowest BCUT2D eigenvalue weighted by molar-refractivity contribution is -0.147. The average molecular weight is 649 g/mol. The van der Waals surface area contributed by atoms with E-state index in [0.717, 1.165) is 23.6 Å². The molecule has 0 bridgehead atoms. The van der Waals surface area contributed by atoms with Gasteiger partial charge in [-0.1, -0.05) is 66.6 Å². The monoisotopic (exact) mass is 648 g/mol. The molecular formula is C34H37ClN4O7. The molecule has 4 rings (SSSR count). The number of carbonyl (C=O) groups is 5. The van der Waals surface area contributed by atoms with Crippen molar-refractivity contribution in [3.8, 4) is 5.75 Å². The number of benzene rings is 3. The zero-order chi connectivity index (χ0) is 33.5. The number of ketones is 1. The first-order valence-corrected chi connectivity index (χ1v) is 15.3. The van der Waals surface area contributed by atoms with Crippen molar-refractivity contribution in [2.24, 2.45) is 0 Å². The van der Waals surface area contributed by atoms with Gasteiger partial charge in [0.15, 0.2) is 17.9 Å². The summed E-state index contributed by atoms with van der Waals surface area (Å²) in [4.78, 5) is 68.3. The highest BCUT2D eigenvalue weighted by atomic mass is 35.5. The van der Waals surface area contributed by atoms with Crippen molar-refractivity contribution in [3.63, 3.8) is 0 Å². The van der Waals surface area contributed by atoms with Crippen molar-refractivity contribution in [3.05, 3.63) is 88.4 Å². The SMILES string of the molecule is CCOC1C(=O)N(C(C(C)=O)C(=O)Nc2cc(NC(=O)C(CC)Oc3ccc(C)cc3C)ccc2Cl)C(=O)N1Cc1ccccc1. The Morgan fingerprint density at radius 3 is 2.28 bits per heavy atom. The normalized spacial score (nSPS) is 15.8. The van der Waals surface area contributed by atoms with E-state index in [1.807, 2.05) is 45.0 Å². The summed E-state index contributed by atoms with van der Waals surface area (Å²) in [6.45, 7) is 8.61. The molecule has 3 unspecified atom stereocenters. The van der Waals surface area contributed by atoms with E-state index in [1.165, 1.54) is 17.0 Å². The molecule has 12 heteroatoms. The molecule has 0 radical (unpaired) electrons. The predicted octanol–water partition coefficient (Wildman–Crippen LogP) is 5.48. The number of rotatable bonds is 13. The standard InChI is InChI=1S/C34H37ClN4O7/c1-6-27(46-28-16-13-20(3)17-21(28)4)30(41)36-24-14-15-25(35)26(18-24)37-31(42)29(22(5)40)39-32(43)33(45-7-2)38(34(39)44)19-23-11-9-8-10-12-23/h8-18,27,29,33H,6-7,19H2,1-5H3,(H,36,41)(H,37,42). The van der Waals surface area contributed by atoms with Gasteiger partial charge in [0.2, 0.25) is 6.23 Å². The third-order valence-corrected chi connectivity index (χ3v) is 7.68. The molecule has 1 aliphatic rings. The van der Waals surface area contributed by atoms with Gasteiger partial charge in [-0.3, -0.25) is 24.1 Å². The second-order valence-electron chi connectivity index (χ2n) is 10.9. The van der Waals surface area contributed by atoms with Crippen LogP contribution in [0.25, 0.3) is 0 Å². The van der Waals surface area contributed by atoms with Crippen molar-refractivity contribution >= 4 is 52.5 Å². The number of urea groups is 1. The number of aryl methyl sites for hydroxylation is 2. The molecule has 3 aromatic rings. The van der Waals surface area contributed by atoms with Crippen LogP contribution in [0.1, 0.15) is 43.9 Å². The van der Waals surface area contributed by atoms with Gasteiger partial charge >= 0.3 is 6.03 Å². The summed E-state index contributed by atoms with van der Waals surface area (Å²) < 4.78 is 11.6. The second-order valence-corrected chi connectivity index (χ2v) is 11.3. The number of anilines is 2. The van der Waals surface area contributed by atoms with Crippen LogP contribution in [0.3, 0.4) is 0 Å². The van der Waals surface area contributed by atoms with Gasteiger partial charge < -0.3 is 20.1 Å². The first kappa shape index (κ1) is 34.1. The molecule has 11 nitrogen and oxygen atoms in total. The molecule has 0 aliphatic carbocycles. The largest absolute Gasteiger partial charge is 0.480 e. The van der Waals surface area contributed by atoms with Crippen LogP contribution >= 0.6 is 11.6 Å². The van der Waals surface area contributed by atoms with Gasteiger partial charge in [0.25, 0.3) is 17.7 Å². The zero-order valence-electron chi connectivity index (χ0n) is 26.3. The van der Waals surface area contributed by atoms with Crippen LogP contribution in [-0.4, -0.2) is 64.3 Å². The molecule has 2 N–H and O–H groups in total. The summed E-state index contributed by atoms with van der Waals surface area (Å²) in [6, 6.07) is 16.4. The lowest BCUT2D eigenvalue weighted by atomic mass is 10.1. The number of Topliss-reactive ketones (excluding diaryl/α,β-unsaturated/α-hetero) is 1. The Bertz CT molecular complexity index is 1630. The molecule has 242 valence electrons. The maximum absolute atomic E-state index is 13.6. The van der Waals surface area contributed by atoms with Gasteiger partial charge in [-0.05, 0) is 69.5 Å². The smallest absolute Gasteiger partial charge is 0.330 e. The molecule has 5 amide bonds. The number of ether oxygens (including phenoxy) is 2. The lowest BCUT2D eigenvalue weighted by Gasteiger charge is -2.24. The number of amides is 5. The molecule has 46 heavy (non-hydrogen) atoms. The Kier molecular flexibility index (Phi) is 11.2. The summed E-state index contributed by atoms with van der Waals surface area (Å²) in [5, 5.41) is 5.42. The van der Waals surface area contributed by atoms with Gasteiger partial charge in [-0.2, -0.15) is 0 Å². The molecule has 1 heterocycles. The average Bonchev–Trinajstić information content (AvgIpc) is 3.23. The number of hydrogen-bond donors (Lipinski definition) is 2. The number of imide groups is 1.